The number of carbonyl (C=O) groups is 1. The third kappa shape index (κ3) is 7.63. The topological polar surface area (TPSA) is 155 Å². The van der Waals surface area contributed by atoms with Gasteiger partial charge in [-0.2, -0.15) is 0 Å². The Morgan fingerprint density at radius 2 is 1.93 bits per heavy atom. The van der Waals surface area contributed by atoms with Gasteiger partial charge in [-0.1, -0.05) is 29.8 Å². The van der Waals surface area contributed by atoms with Crippen LogP contribution in [-0.4, -0.2) is 68.1 Å². The molecule has 3 atom stereocenters. The highest BCUT2D eigenvalue weighted by Gasteiger charge is 2.29. The van der Waals surface area contributed by atoms with Gasteiger partial charge in [0, 0.05) is 35.2 Å². The Morgan fingerprint density at radius 1 is 1.07 bits per heavy atom. The van der Waals surface area contributed by atoms with E-state index in [1.807, 2.05) is 13.0 Å². The van der Waals surface area contributed by atoms with Gasteiger partial charge < -0.3 is 33.9 Å². The SMILES string of the molecule is Cc1c2ccc(c1Cl)O[C@H](CO)COc1ccc(OCc3ccnc([C@@H]4CCCO4)n3)c(c1)C[C@H](C(=O)O)Oc1ncnc3sc(-c4ccc(F)cc4)c-2c13. The monoisotopic (exact) mass is 784 g/mol. The average molecular weight is 785 g/mol. The summed E-state index contributed by atoms with van der Waals surface area (Å²) in [6, 6.07) is 16.3. The molecular weight excluding hydrogens is 751 g/mol. The molecule has 4 bridgehead atoms. The van der Waals surface area contributed by atoms with Gasteiger partial charge in [0.2, 0.25) is 12.0 Å². The van der Waals surface area contributed by atoms with Crippen molar-refractivity contribution >= 4 is 39.1 Å². The summed E-state index contributed by atoms with van der Waals surface area (Å²) in [5.74, 6) is 0.0781. The zero-order valence-electron chi connectivity index (χ0n) is 29.4. The van der Waals surface area contributed by atoms with Crippen LogP contribution in [0.15, 0.2) is 73.2 Å². The van der Waals surface area contributed by atoms with Crippen LogP contribution < -0.4 is 18.9 Å². The summed E-state index contributed by atoms with van der Waals surface area (Å²) < 4.78 is 44.7. The number of aliphatic hydroxyl groups is 1. The lowest BCUT2D eigenvalue weighted by Gasteiger charge is -2.21. The first-order valence-corrected chi connectivity index (χ1v) is 18.8. The van der Waals surface area contributed by atoms with E-state index in [-0.39, 0.29) is 38.2 Å². The van der Waals surface area contributed by atoms with Crippen LogP contribution in [0.4, 0.5) is 4.39 Å². The molecule has 0 amide bonds. The minimum Gasteiger partial charge on any atom is -0.490 e. The lowest BCUT2D eigenvalue weighted by Crippen LogP contribution is -2.30. The van der Waals surface area contributed by atoms with E-state index in [2.05, 4.69) is 19.9 Å². The number of ether oxygens (including phenoxy) is 5. The summed E-state index contributed by atoms with van der Waals surface area (Å²) in [6.07, 6.45) is 2.19. The van der Waals surface area contributed by atoms with Crippen molar-refractivity contribution < 1.29 is 43.1 Å². The number of halogens is 2. The van der Waals surface area contributed by atoms with Crippen molar-refractivity contribution in [3.63, 3.8) is 0 Å². The minimum atomic E-state index is -1.45. The van der Waals surface area contributed by atoms with Crippen LogP contribution in [0, 0.1) is 12.7 Å². The van der Waals surface area contributed by atoms with Gasteiger partial charge in [-0.25, -0.2) is 29.1 Å². The van der Waals surface area contributed by atoms with Crippen LogP contribution in [0.1, 0.15) is 41.6 Å². The molecule has 3 aliphatic rings. The smallest absolute Gasteiger partial charge is 0.345 e. The molecule has 3 aliphatic heterocycles. The van der Waals surface area contributed by atoms with Crippen LogP contribution in [0.2, 0.25) is 5.02 Å². The van der Waals surface area contributed by atoms with Gasteiger partial charge in [0.1, 0.15) is 53.5 Å². The highest BCUT2D eigenvalue weighted by molar-refractivity contribution is 7.22. The van der Waals surface area contributed by atoms with Crippen molar-refractivity contribution in [1.29, 1.82) is 0 Å². The molecule has 1 saturated heterocycles. The molecule has 12 nitrogen and oxygen atoms in total. The molecule has 55 heavy (non-hydrogen) atoms. The lowest BCUT2D eigenvalue weighted by molar-refractivity contribution is -0.145. The quantitative estimate of drug-likeness (QED) is 0.164. The molecule has 2 N–H and O–H groups in total. The Bertz CT molecular complexity index is 2370. The summed E-state index contributed by atoms with van der Waals surface area (Å²) in [4.78, 5) is 32.2. The van der Waals surface area contributed by atoms with E-state index in [1.54, 1.807) is 48.7 Å². The maximum Gasteiger partial charge on any atom is 0.345 e. The van der Waals surface area contributed by atoms with Crippen LogP contribution in [-0.2, 0) is 22.6 Å². The van der Waals surface area contributed by atoms with Gasteiger partial charge in [0.15, 0.2) is 11.9 Å². The summed E-state index contributed by atoms with van der Waals surface area (Å²) in [5, 5.41) is 21.6. The van der Waals surface area contributed by atoms with Crippen molar-refractivity contribution in [3.05, 3.63) is 107 Å². The Balaban J connectivity index is 1.23. The molecule has 0 radical (unpaired) electrons. The maximum absolute atomic E-state index is 14.1. The Kier molecular flexibility index (Phi) is 10.5. The van der Waals surface area contributed by atoms with Gasteiger partial charge in [0.05, 0.1) is 22.7 Å². The molecule has 0 spiro atoms. The standard InChI is InChI=1S/C40H34ClFN4O8S/c1-21-28-9-11-30(35(21)41)53-27(17-47)19-51-26-8-10-29(52-18-25-12-13-43-37(46-25)31-3-2-14-50-31)23(15-26)16-32(40(48)49)54-38-34-33(28)36(55-39(34)45-20-44-38)22-4-6-24(42)7-5-22/h4-13,15,20,27,31-32,47H,2-3,14,16-19H2,1H3,(H,48,49)/t27-,31+,32-/m1/s1. The number of aliphatic carboxylic acids is 1. The second kappa shape index (κ2) is 15.7. The molecular formula is C40H34ClFN4O8S. The molecule has 3 aromatic carbocycles. The Hall–Kier alpha value is -5.41. The Morgan fingerprint density at radius 3 is 2.71 bits per heavy atom. The molecule has 0 saturated carbocycles. The number of carboxylic acid groups (broad SMARTS) is 1. The number of fused-ring (bicyclic) bond motifs is 7. The maximum atomic E-state index is 14.1. The van der Waals surface area contributed by atoms with Gasteiger partial charge in [-0.15, -0.1) is 11.3 Å². The van der Waals surface area contributed by atoms with E-state index < -0.39 is 24.0 Å². The third-order valence-electron chi connectivity index (χ3n) is 9.41. The molecule has 6 aromatic rings. The van der Waals surface area contributed by atoms with E-state index in [0.29, 0.717) is 78.4 Å². The number of aromatic nitrogens is 4. The third-order valence-corrected chi connectivity index (χ3v) is 11.0. The first kappa shape index (κ1) is 36.6. The van der Waals surface area contributed by atoms with Gasteiger partial charge >= 0.3 is 5.97 Å². The zero-order valence-corrected chi connectivity index (χ0v) is 31.0. The molecule has 6 heterocycles. The summed E-state index contributed by atoms with van der Waals surface area (Å²) in [7, 11) is 0. The van der Waals surface area contributed by atoms with Crippen molar-refractivity contribution in [3.8, 4) is 44.7 Å². The van der Waals surface area contributed by atoms with Crippen LogP contribution in [0.5, 0.6) is 23.1 Å². The number of aliphatic hydroxyl groups excluding tert-OH is 1. The lowest BCUT2D eigenvalue weighted by atomic mass is 9.96. The van der Waals surface area contributed by atoms with Crippen LogP contribution in [0.3, 0.4) is 0 Å². The van der Waals surface area contributed by atoms with E-state index in [4.69, 9.17) is 35.3 Å². The zero-order chi connectivity index (χ0) is 38.1. The molecule has 9 rings (SSSR count). The number of carboxylic acids is 1. The van der Waals surface area contributed by atoms with Crippen molar-refractivity contribution in [2.24, 2.45) is 0 Å². The van der Waals surface area contributed by atoms with Crippen molar-refractivity contribution in [2.45, 2.75) is 51.1 Å². The molecule has 0 aliphatic carbocycles. The highest BCUT2D eigenvalue weighted by Crippen LogP contribution is 2.49. The fourth-order valence-corrected chi connectivity index (χ4v) is 7.98. The number of rotatable bonds is 7. The fraction of sp³-hybridized carbons (Fsp3) is 0.275. The second-order valence-electron chi connectivity index (χ2n) is 13.1. The first-order chi connectivity index (χ1) is 26.7. The molecule has 282 valence electrons. The number of thiophene rings is 1. The number of benzene rings is 3. The minimum absolute atomic E-state index is 0.0371. The van der Waals surface area contributed by atoms with Gasteiger partial charge in [-0.3, -0.25) is 0 Å². The van der Waals surface area contributed by atoms with E-state index in [0.717, 1.165) is 17.7 Å². The first-order valence-electron chi connectivity index (χ1n) is 17.6. The predicted molar refractivity (Wildman–Crippen MR) is 201 cm³/mol. The molecule has 0 unspecified atom stereocenters. The second-order valence-corrected chi connectivity index (χ2v) is 14.4. The summed E-state index contributed by atoms with van der Waals surface area (Å²) in [5.41, 5.74) is 3.72. The fourth-order valence-electron chi connectivity index (χ4n) is 6.61. The van der Waals surface area contributed by atoms with E-state index in [9.17, 15) is 19.4 Å². The largest absolute Gasteiger partial charge is 0.490 e. The predicted octanol–water partition coefficient (Wildman–Crippen LogP) is 7.55. The number of hydrogen-bond donors (Lipinski definition) is 2. The van der Waals surface area contributed by atoms with Gasteiger partial charge in [0.25, 0.3) is 0 Å². The summed E-state index contributed by atoms with van der Waals surface area (Å²) in [6.45, 7) is 2.12. The Labute approximate surface area is 323 Å². The highest BCUT2D eigenvalue weighted by atomic mass is 35.5. The van der Waals surface area contributed by atoms with E-state index >= 15 is 0 Å². The molecule has 3 aromatic heterocycles. The van der Waals surface area contributed by atoms with Crippen molar-refractivity contribution in [2.75, 3.05) is 19.8 Å². The van der Waals surface area contributed by atoms with E-state index in [1.165, 1.54) is 29.8 Å². The molecule has 1 fully saturated rings. The van der Waals surface area contributed by atoms with Crippen molar-refractivity contribution in [1.82, 2.24) is 19.9 Å². The van der Waals surface area contributed by atoms with Crippen LogP contribution in [0.25, 0.3) is 31.8 Å². The number of nitrogens with zero attached hydrogens (tertiary/aromatic N) is 4. The molecule has 15 heteroatoms. The van der Waals surface area contributed by atoms with Crippen LogP contribution >= 0.6 is 22.9 Å². The number of hydrogen-bond acceptors (Lipinski definition) is 12. The van der Waals surface area contributed by atoms with Gasteiger partial charge in [-0.05, 0) is 78.9 Å². The normalized spacial score (nSPS) is 18.3. The summed E-state index contributed by atoms with van der Waals surface area (Å²) >= 11 is 8.28. The average Bonchev–Trinajstić information content (AvgIpc) is 3.87.